The van der Waals surface area contributed by atoms with Crippen molar-refractivity contribution < 1.29 is 4.74 Å². The summed E-state index contributed by atoms with van der Waals surface area (Å²) in [6.07, 6.45) is 0. The Bertz CT molecular complexity index is 3180. The number of ether oxygens (including phenoxy) is 1. The smallest absolute Gasteiger partial charge is 0.134 e. The number of anilines is 3. The molecule has 0 amide bonds. The molecule has 0 aromatic heterocycles. The maximum absolute atomic E-state index is 6.75. The fourth-order valence-corrected chi connectivity index (χ4v) is 20.8. The van der Waals surface area contributed by atoms with Gasteiger partial charge in [-0.3, -0.25) is 0 Å². The van der Waals surface area contributed by atoms with Crippen molar-refractivity contribution in [2.45, 2.75) is 55.6 Å². The van der Waals surface area contributed by atoms with Gasteiger partial charge in [0.2, 0.25) is 0 Å². The van der Waals surface area contributed by atoms with Crippen molar-refractivity contribution in [2.75, 3.05) is 4.90 Å². The summed E-state index contributed by atoms with van der Waals surface area (Å²) < 4.78 is 6.75. The van der Waals surface area contributed by atoms with Crippen LogP contribution in [0.25, 0.3) is 33.4 Å². The molecule has 12 rings (SSSR count). The first-order valence-corrected chi connectivity index (χ1v) is 30.7. The van der Waals surface area contributed by atoms with Crippen LogP contribution in [0.3, 0.4) is 0 Å². The second kappa shape index (κ2) is 15.9. The second-order valence-corrected chi connectivity index (χ2v) is 29.9. The summed E-state index contributed by atoms with van der Waals surface area (Å²) in [5.41, 5.74) is 10.6. The van der Waals surface area contributed by atoms with Crippen LogP contribution in [-0.2, 0) is 0 Å². The highest BCUT2D eigenvalue weighted by Gasteiger charge is 2.38. The van der Waals surface area contributed by atoms with E-state index in [1.165, 1.54) is 72.4 Å². The van der Waals surface area contributed by atoms with Crippen molar-refractivity contribution in [2.24, 2.45) is 0 Å². The van der Waals surface area contributed by atoms with E-state index in [-0.39, 0.29) is 0 Å². The van der Waals surface area contributed by atoms with E-state index >= 15 is 0 Å². The summed E-state index contributed by atoms with van der Waals surface area (Å²) in [5.74, 6) is 1.99. The average molecular weight is 924 g/mol. The highest BCUT2D eigenvalue weighted by Crippen LogP contribution is 2.52. The molecule has 0 saturated heterocycles. The average Bonchev–Trinajstić information content (AvgIpc) is 3.34. The van der Waals surface area contributed by atoms with E-state index in [9.17, 15) is 0 Å². The molecule has 9 aromatic carbocycles. The first-order chi connectivity index (χ1) is 31.7. The molecule has 3 aliphatic rings. The van der Waals surface area contributed by atoms with Crippen LogP contribution in [0, 0.1) is 0 Å². The molecular weight excluding hydrogens is 879 g/mol. The van der Waals surface area contributed by atoms with Crippen molar-refractivity contribution in [3.8, 4) is 44.9 Å². The molecule has 3 heterocycles. The van der Waals surface area contributed by atoms with Gasteiger partial charge in [-0.1, -0.05) is 195 Å². The van der Waals surface area contributed by atoms with Crippen LogP contribution in [0.2, 0.25) is 26.2 Å². The third-order valence-electron chi connectivity index (χ3n) is 13.5. The lowest BCUT2D eigenvalue weighted by molar-refractivity contribution is 0.488. The van der Waals surface area contributed by atoms with Crippen molar-refractivity contribution in [3.63, 3.8) is 0 Å². The zero-order chi connectivity index (χ0) is 43.9. The minimum Gasteiger partial charge on any atom is -0.457 e. The van der Waals surface area contributed by atoms with Crippen molar-refractivity contribution >= 4 is 89.2 Å². The number of nitrogens with zero attached hydrogens (tertiary/aromatic N) is 1. The van der Waals surface area contributed by atoms with E-state index in [1.54, 1.807) is 0 Å². The van der Waals surface area contributed by atoms with E-state index in [4.69, 9.17) is 4.74 Å². The molecule has 0 atom stereocenters. The topological polar surface area (TPSA) is 12.5 Å². The van der Waals surface area contributed by atoms with Gasteiger partial charge in [0.25, 0.3) is 0 Å². The Balaban J connectivity index is 0.927. The summed E-state index contributed by atoms with van der Waals surface area (Å²) in [6.45, 7) is 9.86. The summed E-state index contributed by atoms with van der Waals surface area (Å²) in [4.78, 5) is 10.5. The SMILES string of the molecule is C[Si]1(C)c2ccccc2Oc2c(-c3ccc(N(c4ccc(-c5cccc6c5Sc5ccccc5S6)cc4)c4ccc(-c5cccc6c5Sc5ccccc5[Si]6(C)C)cc4)cc3)cccc21. The molecule has 7 heteroatoms. The van der Waals surface area contributed by atoms with Crippen LogP contribution in [0.1, 0.15) is 0 Å². The molecule has 0 aliphatic carbocycles. The zero-order valence-corrected chi connectivity index (χ0v) is 41.1. The standard InChI is InChI=1S/C58H45NOS3Si2/c1-64(2)52-22-9-5-17-47(52)60-56-44(14-12-24-54(56)64)38-26-32-41(33-27-38)59(42-34-28-39(29-35-42)45-15-11-21-51-57(45)62-49-19-7-6-18-48(49)61-51)43-36-30-40(31-37-43)46-16-13-25-55-58(46)63-50-20-8-10-23-53(50)65(55,3)4/h5-37H,1-4H3. The van der Waals surface area contributed by atoms with Crippen LogP contribution in [0.4, 0.5) is 17.1 Å². The van der Waals surface area contributed by atoms with Crippen LogP contribution >= 0.6 is 35.3 Å². The minimum absolute atomic E-state index is 0.988. The van der Waals surface area contributed by atoms with Crippen LogP contribution in [0.15, 0.2) is 230 Å². The van der Waals surface area contributed by atoms with E-state index in [2.05, 4.69) is 231 Å². The van der Waals surface area contributed by atoms with Gasteiger partial charge in [-0.2, -0.15) is 0 Å². The predicted molar refractivity (Wildman–Crippen MR) is 283 cm³/mol. The number of hydrogen-bond donors (Lipinski definition) is 0. The molecule has 65 heavy (non-hydrogen) atoms. The normalized spacial score (nSPS) is 14.6. The first-order valence-electron chi connectivity index (χ1n) is 22.2. The lowest BCUT2D eigenvalue weighted by Crippen LogP contribution is -2.56. The van der Waals surface area contributed by atoms with Crippen LogP contribution in [0.5, 0.6) is 11.5 Å². The number of rotatable bonds is 6. The van der Waals surface area contributed by atoms with Crippen LogP contribution < -0.4 is 30.4 Å². The van der Waals surface area contributed by atoms with Gasteiger partial charge < -0.3 is 9.64 Å². The molecule has 0 bridgehead atoms. The second-order valence-electron chi connectivity index (χ2n) is 18.1. The molecule has 0 saturated carbocycles. The van der Waals surface area contributed by atoms with Gasteiger partial charge >= 0.3 is 0 Å². The lowest BCUT2D eigenvalue weighted by Gasteiger charge is -2.34. The molecule has 0 unspecified atom stereocenters. The van der Waals surface area contributed by atoms with Gasteiger partial charge in [0, 0.05) is 52.0 Å². The molecule has 0 spiro atoms. The molecule has 0 fully saturated rings. The Kier molecular flexibility index (Phi) is 9.92. The quantitative estimate of drug-likeness (QED) is 0.154. The zero-order valence-electron chi connectivity index (χ0n) is 36.6. The van der Waals surface area contributed by atoms with Crippen molar-refractivity contribution in [1.82, 2.24) is 0 Å². The Labute approximate surface area is 396 Å². The van der Waals surface area contributed by atoms with Gasteiger partial charge in [0.15, 0.2) is 0 Å². The van der Waals surface area contributed by atoms with E-state index in [1.807, 2.05) is 35.3 Å². The third-order valence-corrected chi connectivity index (χ3v) is 24.7. The molecule has 0 radical (unpaired) electrons. The lowest BCUT2D eigenvalue weighted by atomic mass is 10.0. The summed E-state index contributed by atoms with van der Waals surface area (Å²) in [6, 6.07) is 74.1. The Morgan fingerprint density at radius 2 is 0.769 bits per heavy atom. The summed E-state index contributed by atoms with van der Waals surface area (Å²) in [7, 11) is -3.83. The highest BCUT2D eigenvalue weighted by molar-refractivity contribution is 8.05. The summed E-state index contributed by atoms with van der Waals surface area (Å²) in [5, 5.41) is 5.74. The molecule has 3 aliphatic heterocycles. The van der Waals surface area contributed by atoms with E-state index in [0.29, 0.717) is 0 Å². The van der Waals surface area contributed by atoms with Gasteiger partial charge in [-0.05, 0) is 115 Å². The van der Waals surface area contributed by atoms with E-state index in [0.717, 1.165) is 39.7 Å². The largest absolute Gasteiger partial charge is 0.457 e. The maximum Gasteiger partial charge on any atom is 0.134 e. The number of hydrogen-bond acceptors (Lipinski definition) is 5. The van der Waals surface area contributed by atoms with Crippen molar-refractivity contribution in [3.05, 3.63) is 200 Å². The summed E-state index contributed by atoms with van der Waals surface area (Å²) >= 11 is 5.68. The predicted octanol–water partition coefficient (Wildman–Crippen LogP) is 15.0. The highest BCUT2D eigenvalue weighted by atomic mass is 32.2. The Morgan fingerprint density at radius 1 is 0.338 bits per heavy atom. The maximum atomic E-state index is 6.75. The monoisotopic (exact) mass is 923 g/mol. The van der Waals surface area contributed by atoms with Gasteiger partial charge in [-0.15, -0.1) is 0 Å². The number of benzene rings is 9. The first kappa shape index (κ1) is 40.6. The fourth-order valence-electron chi connectivity index (χ4n) is 9.98. The molecule has 2 nitrogen and oxygen atoms in total. The van der Waals surface area contributed by atoms with Crippen molar-refractivity contribution in [1.29, 1.82) is 0 Å². The molecular formula is C58H45NOS3Si2. The van der Waals surface area contributed by atoms with Gasteiger partial charge in [0.1, 0.15) is 27.6 Å². The van der Waals surface area contributed by atoms with Gasteiger partial charge in [-0.25, -0.2) is 0 Å². The fraction of sp³-hybridized carbons (Fsp3) is 0.0690. The molecule has 314 valence electrons. The Morgan fingerprint density at radius 3 is 1.42 bits per heavy atom. The minimum atomic E-state index is -1.96. The Hall–Kier alpha value is -5.94. The molecule has 9 aromatic rings. The molecule has 0 N–H and O–H groups in total. The van der Waals surface area contributed by atoms with E-state index < -0.39 is 16.1 Å². The van der Waals surface area contributed by atoms with Gasteiger partial charge in [0.05, 0.1) is 0 Å². The van der Waals surface area contributed by atoms with Crippen LogP contribution in [-0.4, -0.2) is 16.1 Å². The number of fused-ring (bicyclic) bond motifs is 6. The third kappa shape index (κ3) is 6.86. The number of para-hydroxylation sites is 2.